The molecule has 1 aromatic rings. The number of ether oxygens (including phenoxy) is 1. The summed E-state index contributed by atoms with van der Waals surface area (Å²) in [5.41, 5.74) is 4.36. The summed E-state index contributed by atoms with van der Waals surface area (Å²) in [6.45, 7) is 0. The van der Waals surface area contributed by atoms with E-state index in [9.17, 15) is 13.2 Å². The van der Waals surface area contributed by atoms with Crippen LogP contribution in [0.4, 0.5) is 13.2 Å². The van der Waals surface area contributed by atoms with Gasteiger partial charge in [0.25, 0.3) is 0 Å². The number of rotatable bonds is 2. The molecule has 0 spiro atoms. The molecule has 2 unspecified atom stereocenters. The third-order valence-corrected chi connectivity index (χ3v) is 3.14. The molecule has 1 aromatic carbocycles. The molecule has 102 valence electrons. The molecule has 0 heterocycles. The van der Waals surface area contributed by atoms with Crippen LogP contribution in [0.5, 0.6) is 5.75 Å². The van der Waals surface area contributed by atoms with E-state index in [1.54, 1.807) is 0 Å². The fraction of sp³-hybridized carbons (Fsp3) is 0.462. The molecule has 0 aromatic heterocycles. The third kappa shape index (κ3) is 3.18. The number of nitriles is 1. The second-order valence-corrected chi connectivity index (χ2v) is 4.63. The van der Waals surface area contributed by atoms with Crippen molar-refractivity contribution in [3.8, 4) is 11.8 Å². The lowest BCUT2D eigenvalue weighted by Gasteiger charge is -2.16. The highest BCUT2D eigenvalue weighted by molar-refractivity contribution is 5.44. The molecular formula is C13H13F3N2O. The lowest BCUT2D eigenvalue weighted by atomic mass is 10.1. The van der Waals surface area contributed by atoms with Gasteiger partial charge in [0.05, 0.1) is 17.2 Å². The van der Waals surface area contributed by atoms with E-state index in [0.29, 0.717) is 6.42 Å². The van der Waals surface area contributed by atoms with E-state index in [1.165, 1.54) is 12.1 Å². The first-order valence-corrected chi connectivity index (χ1v) is 5.93. The van der Waals surface area contributed by atoms with E-state index in [-0.39, 0.29) is 17.9 Å². The quantitative estimate of drug-likeness (QED) is 0.899. The first kappa shape index (κ1) is 13.7. The Balaban J connectivity index is 2.21. The Labute approximate surface area is 108 Å². The van der Waals surface area contributed by atoms with Crippen LogP contribution < -0.4 is 10.5 Å². The zero-order chi connectivity index (χ0) is 14.0. The molecule has 0 aliphatic heterocycles. The van der Waals surface area contributed by atoms with Gasteiger partial charge in [0.1, 0.15) is 11.9 Å². The predicted octanol–water partition coefficient (Wildman–Crippen LogP) is 2.84. The zero-order valence-corrected chi connectivity index (χ0v) is 10.1. The second kappa shape index (κ2) is 5.10. The summed E-state index contributed by atoms with van der Waals surface area (Å²) in [5.74, 6) is 0.130. The molecular weight excluding hydrogens is 257 g/mol. The molecule has 0 radical (unpaired) electrons. The Kier molecular flexibility index (Phi) is 3.67. The average molecular weight is 270 g/mol. The summed E-state index contributed by atoms with van der Waals surface area (Å²) in [6.07, 6.45) is -2.52. The van der Waals surface area contributed by atoms with Crippen LogP contribution in [0.15, 0.2) is 18.2 Å². The number of nitrogens with zero attached hydrogens (tertiary/aromatic N) is 1. The lowest BCUT2D eigenvalue weighted by Crippen LogP contribution is -2.19. The highest BCUT2D eigenvalue weighted by atomic mass is 19.4. The van der Waals surface area contributed by atoms with Gasteiger partial charge in [0, 0.05) is 6.04 Å². The molecule has 1 aliphatic carbocycles. The first-order valence-electron chi connectivity index (χ1n) is 5.93. The third-order valence-electron chi connectivity index (χ3n) is 3.14. The Morgan fingerprint density at radius 1 is 1.32 bits per heavy atom. The highest BCUT2D eigenvalue weighted by Gasteiger charge is 2.34. The molecule has 1 aliphatic rings. The molecule has 2 atom stereocenters. The minimum absolute atomic E-state index is 0.0467. The van der Waals surface area contributed by atoms with Crippen LogP contribution in [-0.4, -0.2) is 12.1 Å². The van der Waals surface area contributed by atoms with Crippen LogP contribution in [0.2, 0.25) is 0 Å². The van der Waals surface area contributed by atoms with Crippen LogP contribution in [0.25, 0.3) is 0 Å². The molecule has 0 amide bonds. The van der Waals surface area contributed by atoms with E-state index in [1.807, 2.05) is 0 Å². The summed E-state index contributed by atoms with van der Waals surface area (Å²) < 4.78 is 43.8. The minimum atomic E-state index is -4.56. The van der Waals surface area contributed by atoms with Gasteiger partial charge in [-0.3, -0.25) is 0 Å². The molecule has 0 bridgehead atoms. The van der Waals surface area contributed by atoms with Gasteiger partial charge >= 0.3 is 6.18 Å². The van der Waals surface area contributed by atoms with Gasteiger partial charge in [0.15, 0.2) is 0 Å². The smallest absolute Gasteiger partial charge is 0.417 e. The maximum atomic E-state index is 12.8. The van der Waals surface area contributed by atoms with Gasteiger partial charge in [0.2, 0.25) is 0 Å². The van der Waals surface area contributed by atoms with E-state index in [2.05, 4.69) is 0 Å². The van der Waals surface area contributed by atoms with Crippen molar-refractivity contribution in [3.05, 3.63) is 29.3 Å². The molecule has 3 nitrogen and oxygen atoms in total. The number of halogens is 3. The molecule has 1 fully saturated rings. The number of nitrogens with two attached hydrogens (primary N) is 1. The Hall–Kier alpha value is -1.74. The lowest BCUT2D eigenvalue weighted by molar-refractivity contribution is -0.137. The van der Waals surface area contributed by atoms with Crippen molar-refractivity contribution < 1.29 is 17.9 Å². The molecule has 2 rings (SSSR count). The van der Waals surface area contributed by atoms with Crippen molar-refractivity contribution in [2.75, 3.05) is 0 Å². The fourth-order valence-corrected chi connectivity index (χ4v) is 2.20. The SMILES string of the molecule is N#Cc1ccc(OC2CCC(N)C2)cc1C(F)(F)F. The fourth-order valence-electron chi connectivity index (χ4n) is 2.20. The normalized spacial score (nSPS) is 23.1. The summed E-state index contributed by atoms with van der Waals surface area (Å²) in [6, 6.07) is 4.98. The van der Waals surface area contributed by atoms with Crippen molar-refractivity contribution in [3.63, 3.8) is 0 Å². The number of alkyl halides is 3. The van der Waals surface area contributed by atoms with Crippen LogP contribution in [0, 0.1) is 11.3 Å². The van der Waals surface area contributed by atoms with Gasteiger partial charge < -0.3 is 10.5 Å². The number of hydrogen-bond donors (Lipinski definition) is 1. The largest absolute Gasteiger partial charge is 0.490 e. The minimum Gasteiger partial charge on any atom is -0.490 e. The summed E-state index contributed by atoms with van der Waals surface area (Å²) in [7, 11) is 0. The van der Waals surface area contributed by atoms with Crippen molar-refractivity contribution >= 4 is 0 Å². The highest BCUT2D eigenvalue weighted by Crippen LogP contribution is 2.35. The summed E-state index contributed by atoms with van der Waals surface area (Å²) >= 11 is 0. The zero-order valence-electron chi connectivity index (χ0n) is 10.1. The number of benzene rings is 1. The Morgan fingerprint density at radius 3 is 2.58 bits per heavy atom. The van der Waals surface area contributed by atoms with Crippen LogP contribution in [-0.2, 0) is 6.18 Å². The van der Waals surface area contributed by atoms with Gasteiger partial charge in [-0.2, -0.15) is 18.4 Å². The van der Waals surface area contributed by atoms with Crippen molar-refractivity contribution in [1.29, 1.82) is 5.26 Å². The van der Waals surface area contributed by atoms with Crippen molar-refractivity contribution in [2.45, 2.75) is 37.6 Å². The van der Waals surface area contributed by atoms with E-state index >= 15 is 0 Å². The van der Waals surface area contributed by atoms with Crippen molar-refractivity contribution in [2.24, 2.45) is 5.73 Å². The standard InChI is InChI=1S/C13H13F3N2O/c14-13(15,16)12-6-11(3-1-8(12)7-17)19-10-4-2-9(18)5-10/h1,3,6,9-10H,2,4-5,18H2. The Bertz CT molecular complexity index is 508. The predicted molar refractivity (Wildman–Crippen MR) is 62.4 cm³/mol. The van der Waals surface area contributed by atoms with Gasteiger partial charge in [-0.25, -0.2) is 0 Å². The van der Waals surface area contributed by atoms with Gasteiger partial charge in [-0.05, 0) is 37.5 Å². The van der Waals surface area contributed by atoms with Crippen molar-refractivity contribution in [1.82, 2.24) is 0 Å². The summed E-state index contributed by atoms with van der Waals surface area (Å²) in [5, 5.41) is 8.68. The first-order chi connectivity index (χ1) is 8.90. The molecule has 2 N–H and O–H groups in total. The van der Waals surface area contributed by atoms with E-state index in [0.717, 1.165) is 25.0 Å². The van der Waals surface area contributed by atoms with E-state index in [4.69, 9.17) is 15.7 Å². The molecule has 1 saturated carbocycles. The Morgan fingerprint density at radius 2 is 2.05 bits per heavy atom. The molecule has 0 saturated heterocycles. The van der Waals surface area contributed by atoms with Crippen LogP contribution >= 0.6 is 0 Å². The maximum absolute atomic E-state index is 12.8. The monoisotopic (exact) mass is 270 g/mol. The number of hydrogen-bond acceptors (Lipinski definition) is 3. The molecule has 19 heavy (non-hydrogen) atoms. The van der Waals surface area contributed by atoms with Gasteiger partial charge in [-0.15, -0.1) is 0 Å². The second-order valence-electron chi connectivity index (χ2n) is 4.63. The van der Waals surface area contributed by atoms with Gasteiger partial charge in [-0.1, -0.05) is 0 Å². The topological polar surface area (TPSA) is 59.0 Å². The summed E-state index contributed by atoms with van der Waals surface area (Å²) in [4.78, 5) is 0. The van der Waals surface area contributed by atoms with Crippen LogP contribution in [0.3, 0.4) is 0 Å². The molecule has 6 heteroatoms. The average Bonchev–Trinajstić information content (AvgIpc) is 2.73. The van der Waals surface area contributed by atoms with E-state index < -0.39 is 17.3 Å². The maximum Gasteiger partial charge on any atom is 0.417 e. The van der Waals surface area contributed by atoms with Crippen LogP contribution in [0.1, 0.15) is 30.4 Å².